The quantitative estimate of drug-likeness (QED) is 0.458. The lowest BCUT2D eigenvalue weighted by molar-refractivity contribution is 0.159. The maximum atomic E-state index is 5.64. The average molecular weight is 182 g/mol. The van der Waals surface area contributed by atoms with E-state index in [9.17, 15) is 0 Å². The Morgan fingerprint density at radius 3 is 2.55 bits per heavy atom. The molecule has 3 nitrogen and oxygen atoms in total. The van der Waals surface area contributed by atoms with Gasteiger partial charge < -0.3 is 14.8 Å². The van der Waals surface area contributed by atoms with Crippen LogP contribution in [0.4, 0.5) is 0 Å². The second-order valence-electron chi connectivity index (χ2n) is 2.25. The molecule has 1 atom stereocenters. The molecule has 0 aromatic rings. The maximum Gasteiger partial charge on any atom is 0.0627 e. The third kappa shape index (κ3) is 6.56. The molecule has 0 radical (unpaired) electrons. The van der Waals surface area contributed by atoms with Crippen molar-refractivity contribution in [1.29, 1.82) is 0 Å². The molecule has 1 N–H and O–H groups in total. The summed E-state index contributed by atoms with van der Waals surface area (Å²) in [6, 6.07) is 0.233. The van der Waals surface area contributed by atoms with Crippen LogP contribution in [0.5, 0.6) is 0 Å². The topological polar surface area (TPSA) is 30.5 Å². The molecule has 0 fully saturated rings. The van der Waals surface area contributed by atoms with Crippen molar-refractivity contribution in [3.63, 3.8) is 0 Å². The number of ether oxygens (including phenoxy) is 2. The Bertz CT molecular complexity index is 82.8. The second-order valence-corrected chi connectivity index (χ2v) is 2.56. The molecular weight excluding hydrogens is 166 g/mol. The van der Waals surface area contributed by atoms with Crippen molar-refractivity contribution in [3.8, 4) is 0 Å². The molecule has 0 rings (SSSR count). The Labute approximate surface area is 73.0 Å². The second kappa shape index (κ2) is 8.27. The van der Waals surface area contributed by atoms with Gasteiger partial charge in [0.15, 0.2) is 0 Å². The van der Waals surface area contributed by atoms with Crippen LogP contribution < -0.4 is 5.32 Å². The first-order valence-electron chi connectivity index (χ1n) is 3.62. The number of nitrogens with one attached hydrogen (secondary N) is 1. The molecule has 0 aromatic carbocycles. The minimum atomic E-state index is 0.233. The van der Waals surface area contributed by atoms with E-state index in [0.717, 1.165) is 6.54 Å². The number of hydrogen-bond donors (Lipinski definition) is 1. The lowest BCUT2D eigenvalue weighted by atomic mass is 10.3. The first-order valence-corrected chi connectivity index (χ1v) is 4.15. The number of alkyl halides is 1. The van der Waals surface area contributed by atoms with Crippen LogP contribution in [0.1, 0.15) is 0 Å². The number of methoxy groups -OCH3 is 2. The highest BCUT2D eigenvalue weighted by Crippen LogP contribution is 1.88. The maximum absolute atomic E-state index is 5.64. The van der Waals surface area contributed by atoms with Gasteiger partial charge in [-0.1, -0.05) is 0 Å². The summed E-state index contributed by atoms with van der Waals surface area (Å²) in [6.45, 7) is 2.17. The highest BCUT2D eigenvalue weighted by molar-refractivity contribution is 6.18. The highest BCUT2D eigenvalue weighted by atomic mass is 35.5. The zero-order valence-electron chi connectivity index (χ0n) is 7.10. The Hall–Kier alpha value is 0.170. The van der Waals surface area contributed by atoms with Crippen LogP contribution in [0.2, 0.25) is 0 Å². The minimum Gasteiger partial charge on any atom is -0.383 e. The van der Waals surface area contributed by atoms with Gasteiger partial charge in [-0.2, -0.15) is 0 Å². The van der Waals surface area contributed by atoms with Gasteiger partial charge in [-0.15, -0.1) is 11.6 Å². The van der Waals surface area contributed by atoms with E-state index in [2.05, 4.69) is 5.32 Å². The van der Waals surface area contributed by atoms with Crippen LogP contribution in [-0.4, -0.2) is 45.9 Å². The summed E-state index contributed by atoms with van der Waals surface area (Å²) in [6.07, 6.45) is 0. The molecular formula is C7H16ClNO2. The minimum absolute atomic E-state index is 0.233. The van der Waals surface area contributed by atoms with E-state index in [-0.39, 0.29) is 6.04 Å². The fourth-order valence-electron chi connectivity index (χ4n) is 0.724. The van der Waals surface area contributed by atoms with Crippen LogP contribution in [-0.2, 0) is 9.47 Å². The standard InChI is InChI=1S/C7H16ClNO2/c1-10-4-3-9-7(5-8)6-11-2/h7,9H,3-6H2,1-2H3. The molecule has 0 bridgehead atoms. The van der Waals surface area contributed by atoms with E-state index in [0.29, 0.717) is 19.1 Å². The predicted molar refractivity (Wildman–Crippen MR) is 46.3 cm³/mol. The largest absolute Gasteiger partial charge is 0.383 e. The third-order valence-electron chi connectivity index (χ3n) is 1.29. The molecule has 68 valence electrons. The summed E-state index contributed by atoms with van der Waals surface area (Å²) >= 11 is 5.64. The Morgan fingerprint density at radius 1 is 1.36 bits per heavy atom. The summed E-state index contributed by atoms with van der Waals surface area (Å²) < 4.78 is 9.81. The molecule has 11 heavy (non-hydrogen) atoms. The van der Waals surface area contributed by atoms with Gasteiger partial charge in [-0.3, -0.25) is 0 Å². The summed E-state index contributed by atoms with van der Waals surface area (Å²) in [5, 5.41) is 3.19. The predicted octanol–water partition coefficient (Wildman–Crippen LogP) is 0.476. The van der Waals surface area contributed by atoms with E-state index in [1.165, 1.54) is 0 Å². The number of halogens is 1. The molecule has 0 saturated heterocycles. The van der Waals surface area contributed by atoms with Crippen molar-refractivity contribution in [1.82, 2.24) is 5.32 Å². The number of hydrogen-bond acceptors (Lipinski definition) is 3. The SMILES string of the molecule is COCCNC(CCl)COC. The van der Waals surface area contributed by atoms with Gasteiger partial charge in [0.25, 0.3) is 0 Å². The molecule has 1 unspecified atom stereocenters. The van der Waals surface area contributed by atoms with Gasteiger partial charge in [0.2, 0.25) is 0 Å². The lowest BCUT2D eigenvalue weighted by Gasteiger charge is -2.13. The van der Waals surface area contributed by atoms with E-state index < -0.39 is 0 Å². The first-order chi connectivity index (χ1) is 5.35. The monoisotopic (exact) mass is 181 g/mol. The van der Waals surface area contributed by atoms with Crippen molar-refractivity contribution < 1.29 is 9.47 Å². The van der Waals surface area contributed by atoms with E-state index in [4.69, 9.17) is 21.1 Å². The highest BCUT2D eigenvalue weighted by Gasteiger charge is 2.03. The molecule has 0 amide bonds. The molecule has 4 heteroatoms. The normalized spacial score (nSPS) is 13.4. The van der Waals surface area contributed by atoms with E-state index >= 15 is 0 Å². The molecule has 0 aromatic heterocycles. The van der Waals surface area contributed by atoms with Gasteiger partial charge in [0.1, 0.15) is 0 Å². The summed E-state index contributed by atoms with van der Waals surface area (Å²) in [7, 11) is 3.34. The average Bonchev–Trinajstić information content (AvgIpc) is 2.03. The Balaban J connectivity index is 3.20. The molecule has 0 aliphatic rings. The van der Waals surface area contributed by atoms with E-state index in [1.54, 1.807) is 14.2 Å². The van der Waals surface area contributed by atoms with Crippen molar-refractivity contribution in [2.45, 2.75) is 6.04 Å². The Kier molecular flexibility index (Phi) is 8.40. The van der Waals surface area contributed by atoms with Gasteiger partial charge >= 0.3 is 0 Å². The lowest BCUT2D eigenvalue weighted by Crippen LogP contribution is -2.36. The molecule has 0 spiro atoms. The van der Waals surface area contributed by atoms with Crippen LogP contribution in [0, 0.1) is 0 Å². The van der Waals surface area contributed by atoms with Gasteiger partial charge in [-0.05, 0) is 0 Å². The van der Waals surface area contributed by atoms with Gasteiger partial charge in [0.05, 0.1) is 13.2 Å². The Morgan fingerprint density at radius 2 is 2.09 bits per heavy atom. The van der Waals surface area contributed by atoms with Gasteiger partial charge in [0, 0.05) is 32.7 Å². The van der Waals surface area contributed by atoms with Crippen molar-refractivity contribution in [3.05, 3.63) is 0 Å². The van der Waals surface area contributed by atoms with Gasteiger partial charge in [-0.25, -0.2) is 0 Å². The molecule has 0 aliphatic heterocycles. The third-order valence-corrected chi connectivity index (χ3v) is 1.67. The number of rotatable bonds is 7. The fourth-order valence-corrected chi connectivity index (χ4v) is 0.923. The molecule has 0 heterocycles. The smallest absolute Gasteiger partial charge is 0.0627 e. The zero-order chi connectivity index (χ0) is 8.53. The fraction of sp³-hybridized carbons (Fsp3) is 1.00. The van der Waals surface area contributed by atoms with Crippen LogP contribution in [0.15, 0.2) is 0 Å². The van der Waals surface area contributed by atoms with Crippen molar-refractivity contribution in [2.75, 3.05) is 39.9 Å². The summed E-state index contributed by atoms with van der Waals surface area (Å²) in [5.41, 5.74) is 0. The molecule has 0 saturated carbocycles. The van der Waals surface area contributed by atoms with Crippen LogP contribution in [0.3, 0.4) is 0 Å². The molecule has 0 aliphatic carbocycles. The zero-order valence-corrected chi connectivity index (χ0v) is 7.86. The van der Waals surface area contributed by atoms with Crippen molar-refractivity contribution >= 4 is 11.6 Å². The summed E-state index contributed by atoms with van der Waals surface area (Å²) in [5.74, 6) is 0.567. The van der Waals surface area contributed by atoms with Crippen LogP contribution >= 0.6 is 11.6 Å². The van der Waals surface area contributed by atoms with E-state index in [1.807, 2.05) is 0 Å². The first kappa shape index (κ1) is 11.2. The summed E-state index contributed by atoms with van der Waals surface area (Å²) in [4.78, 5) is 0. The van der Waals surface area contributed by atoms with Crippen LogP contribution in [0.25, 0.3) is 0 Å². The van der Waals surface area contributed by atoms with Crippen molar-refractivity contribution in [2.24, 2.45) is 0 Å².